The maximum atomic E-state index is 13.0. The van der Waals surface area contributed by atoms with Crippen LogP contribution < -0.4 is 5.32 Å². The van der Waals surface area contributed by atoms with Crippen molar-refractivity contribution >= 4 is 17.7 Å². The van der Waals surface area contributed by atoms with E-state index >= 15 is 0 Å². The fraction of sp³-hybridized carbons (Fsp3) is 0.500. The summed E-state index contributed by atoms with van der Waals surface area (Å²) in [7, 11) is 1.84. The van der Waals surface area contributed by atoms with Gasteiger partial charge in [-0.25, -0.2) is 0 Å². The van der Waals surface area contributed by atoms with E-state index in [9.17, 15) is 14.4 Å². The molecule has 0 spiro atoms. The number of fused-ring (bicyclic) bond motifs is 1. The molecule has 33 heavy (non-hydrogen) atoms. The first-order valence-electron chi connectivity index (χ1n) is 11.5. The Hall–Kier alpha value is -3.20. The zero-order chi connectivity index (χ0) is 23.4. The maximum Gasteiger partial charge on any atom is 0.274 e. The smallest absolute Gasteiger partial charge is 0.274 e. The number of amides is 3. The highest BCUT2D eigenvalue weighted by atomic mass is 16.5. The van der Waals surface area contributed by atoms with Gasteiger partial charge < -0.3 is 19.9 Å². The van der Waals surface area contributed by atoms with Crippen molar-refractivity contribution in [1.29, 1.82) is 0 Å². The Bertz CT molecular complexity index is 1010. The summed E-state index contributed by atoms with van der Waals surface area (Å²) in [6.07, 6.45) is 0.903. The molecule has 2 aliphatic rings. The van der Waals surface area contributed by atoms with E-state index in [0.717, 1.165) is 16.8 Å². The van der Waals surface area contributed by atoms with Crippen molar-refractivity contribution in [3.05, 3.63) is 52.8 Å². The zero-order valence-corrected chi connectivity index (χ0v) is 19.2. The minimum Gasteiger partial charge on any atom is -0.378 e. The van der Waals surface area contributed by atoms with Gasteiger partial charge in [0.05, 0.1) is 19.3 Å². The van der Waals surface area contributed by atoms with Crippen LogP contribution in [0.15, 0.2) is 30.3 Å². The number of hydrogen-bond acceptors (Lipinski definition) is 5. The molecule has 1 aromatic carbocycles. The molecule has 0 unspecified atom stereocenters. The summed E-state index contributed by atoms with van der Waals surface area (Å²) >= 11 is 0. The predicted octanol–water partition coefficient (Wildman–Crippen LogP) is 1.43. The van der Waals surface area contributed by atoms with Crippen molar-refractivity contribution in [3.8, 4) is 0 Å². The lowest BCUT2D eigenvalue weighted by Crippen LogP contribution is -2.42. The molecule has 1 atom stereocenters. The Kier molecular flexibility index (Phi) is 7.08. The molecule has 1 N–H and O–H groups in total. The number of carbonyl (C=O) groups excluding carboxylic acids is 3. The number of carbonyl (C=O) groups is 3. The molecule has 176 valence electrons. The molecule has 0 aliphatic carbocycles. The second-order valence-corrected chi connectivity index (χ2v) is 8.57. The van der Waals surface area contributed by atoms with Gasteiger partial charge in [0.2, 0.25) is 11.8 Å². The third-order valence-electron chi connectivity index (χ3n) is 6.34. The van der Waals surface area contributed by atoms with Gasteiger partial charge in [-0.15, -0.1) is 0 Å². The molecule has 1 fully saturated rings. The van der Waals surface area contributed by atoms with Gasteiger partial charge in [-0.2, -0.15) is 5.10 Å². The summed E-state index contributed by atoms with van der Waals surface area (Å²) in [5.74, 6) is -0.350. The summed E-state index contributed by atoms with van der Waals surface area (Å²) in [6.45, 7) is 4.96. The molecule has 0 radical (unpaired) electrons. The molecule has 3 amide bonds. The Labute approximate surface area is 193 Å². The molecular weight excluding hydrogens is 422 g/mol. The molecule has 9 heteroatoms. The standard InChI is InChI=1S/C24H31N5O4/c1-17(18-6-4-3-5-7-18)25-21(30)8-9-22(31)29-11-10-20-19(16-29)23(26-27(20)2)24(32)28-12-14-33-15-13-28/h3-7,17H,8-16H2,1-2H3,(H,25,30)/t17-/m1/s1. The molecule has 3 heterocycles. The fourth-order valence-electron chi connectivity index (χ4n) is 4.41. The zero-order valence-electron chi connectivity index (χ0n) is 19.2. The van der Waals surface area contributed by atoms with E-state index < -0.39 is 0 Å². The summed E-state index contributed by atoms with van der Waals surface area (Å²) in [6, 6.07) is 9.61. The van der Waals surface area contributed by atoms with Crippen LogP contribution in [0.5, 0.6) is 0 Å². The molecule has 2 aliphatic heterocycles. The number of nitrogens with zero attached hydrogens (tertiary/aromatic N) is 4. The number of aromatic nitrogens is 2. The van der Waals surface area contributed by atoms with Crippen molar-refractivity contribution in [2.24, 2.45) is 7.05 Å². The van der Waals surface area contributed by atoms with E-state index in [-0.39, 0.29) is 36.6 Å². The van der Waals surface area contributed by atoms with Crippen molar-refractivity contribution in [1.82, 2.24) is 24.9 Å². The van der Waals surface area contributed by atoms with Gasteiger partial charge in [0.1, 0.15) is 0 Å². The van der Waals surface area contributed by atoms with Crippen molar-refractivity contribution in [2.45, 2.75) is 38.8 Å². The van der Waals surface area contributed by atoms with Crippen molar-refractivity contribution < 1.29 is 19.1 Å². The SMILES string of the molecule is C[C@@H](NC(=O)CCC(=O)N1CCc2c(c(C(=O)N3CCOCC3)nn2C)C1)c1ccccc1. The number of morpholine rings is 1. The molecule has 9 nitrogen and oxygen atoms in total. The lowest BCUT2D eigenvalue weighted by Gasteiger charge is -2.29. The van der Waals surface area contributed by atoms with Crippen LogP contribution in [0.2, 0.25) is 0 Å². The van der Waals surface area contributed by atoms with Gasteiger partial charge in [-0.05, 0) is 12.5 Å². The van der Waals surface area contributed by atoms with Crippen LogP contribution in [-0.4, -0.2) is 70.1 Å². The summed E-state index contributed by atoms with van der Waals surface area (Å²) in [5.41, 5.74) is 3.25. The number of nitrogens with one attached hydrogen (secondary N) is 1. The summed E-state index contributed by atoms with van der Waals surface area (Å²) < 4.78 is 7.10. The van der Waals surface area contributed by atoms with Crippen LogP contribution in [0.3, 0.4) is 0 Å². The number of rotatable bonds is 6. The first-order valence-corrected chi connectivity index (χ1v) is 11.5. The Morgan fingerprint density at radius 1 is 1.06 bits per heavy atom. The van der Waals surface area contributed by atoms with Crippen LogP contribution in [-0.2, 0) is 34.3 Å². The average Bonchev–Trinajstić information content (AvgIpc) is 3.18. The monoisotopic (exact) mass is 453 g/mol. The van der Waals surface area contributed by atoms with Crippen molar-refractivity contribution in [3.63, 3.8) is 0 Å². The molecule has 0 bridgehead atoms. The van der Waals surface area contributed by atoms with Gasteiger partial charge in [0.25, 0.3) is 5.91 Å². The van der Waals surface area contributed by atoms with E-state index in [4.69, 9.17) is 4.74 Å². The molecule has 1 saturated heterocycles. The fourth-order valence-corrected chi connectivity index (χ4v) is 4.41. The van der Waals surface area contributed by atoms with E-state index in [0.29, 0.717) is 51.5 Å². The highest BCUT2D eigenvalue weighted by Crippen LogP contribution is 2.24. The number of benzene rings is 1. The Morgan fingerprint density at radius 3 is 2.52 bits per heavy atom. The van der Waals surface area contributed by atoms with Gasteiger partial charge in [0, 0.05) is 63.7 Å². The van der Waals surface area contributed by atoms with Crippen LogP contribution in [0.25, 0.3) is 0 Å². The first kappa shape index (κ1) is 23.0. The van der Waals surface area contributed by atoms with Gasteiger partial charge >= 0.3 is 0 Å². The maximum absolute atomic E-state index is 13.0. The molecule has 4 rings (SSSR count). The van der Waals surface area contributed by atoms with E-state index in [1.165, 1.54) is 0 Å². The first-order chi connectivity index (χ1) is 15.9. The highest BCUT2D eigenvalue weighted by Gasteiger charge is 2.31. The number of ether oxygens (including phenoxy) is 1. The topological polar surface area (TPSA) is 96.8 Å². The number of hydrogen-bond donors (Lipinski definition) is 1. The van der Waals surface area contributed by atoms with Gasteiger partial charge in [-0.3, -0.25) is 19.1 Å². The average molecular weight is 454 g/mol. The normalized spacial score (nSPS) is 16.8. The molecule has 2 aromatic rings. The Balaban J connectivity index is 1.34. The molecule has 1 aromatic heterocycles. The number of aryl methyl sites for hydroxylation is 1. The van der Waals surface area contributed by atoms with Gasteiger partial charge in [-0.1, -0.05) is 30.3 Å². The predicted molar refractivity (Wildman–Crippen MR) is 121 cm³/mol. The molecule has 0 saturated carbocycles. The van der Waals surface area contributed by atoms with E-state index in [2.05, 4.69) is 10.4 Å². The molecular formula is C24H31N5O4. The lowest BCUT2D eigenvalue weighted by molar-refractivity contribution is -0.134. The summed E-state index contributed by atoms with van der Waals surface area (Å²) in [5, 5.41) is 7.43. The van der Waals surface area contributed by atoms with E-state index in [1.54, 1.807) is 14.5 Å². The largest absolute Gasteiger partial charge is 0.378 e. The summed E-state index contributed by atoms with van der Waals surface area (Å²) in [4.78, 5) is 41.8. The second-order valence-electron chi connectivity index (χ2n) is 8.57. The minimum atomic E-state index is -0.151. The van der Waals surface area contributed by atoms with Crippen LogP contribution in [0.1, 0.15) is 53.1 Å². The van der Waals surface area contributed by atoms with Crippen molar-refractivity contribution in [2.75, 3.05) is 32.8 Å². The third kappa shape index (κ3) is 5.24. The minimum absolute atomic E-state index is 0.0863. The van der Waals surface area contributed by atoms with Crippen LogP contribution in [0, 0.1) is 0 Å². The lowest BCUT2D eigenvalue weighted by atomic mass is 10.0. The van der Waals surface area contributed by atoms with E-state index in [1.807, 2.05) is 44.3 Å². The Morgan fingerprint density at radius 2 is 1.79 bits per heavy atom. The highest BCUT2D eigenvalue weighted by molar-refractivity contribution is 5.94. The third-order valence-corrected chi connectivity index (χ3v) is 6.34. The van der Waals surface area contributed by atoms with Crippen LogP contribution >= 0.6 is 0 Å². The second kappa shape index (κ2) is 10.2. The van der Waals surface area contributed by atoms with Gasteiger partial charge in [0.15, 0.2) is 5.69 Å². The van der Waals surface area contributed by atoms with Crippen LogP contribution in [0.4, 0.5) is 0 Å². The quantitative estimate of drug-likeness (QED) is 0.714.